The summed E-state index contributed by atoms with van der Waals surface area (Å²) in [5.41, 5.74) is 7.39. The van der Waals surface area contributed by atoms with Crippen LogP contribution in [0.5, 0.6) is 5.75 Å². The minimum absolute atomic E-state index is 0.01000. The molecular weight excluding hydrogens is 398 g/mol. The van der Waals surface area contributed by atoms with Gasteiger partial charge in [-0.3, -0.25) is 9.59 Å². The number of likely N-dealkylation sites (tertiary alicyclic amines) is 1. The molecule has 0 unspecified atom stereocenters. The first-order valence-corrected chi connectivity index (χ1v) is 10.3. The van der Waals surface area contributed by atoms with Crippen molar-refractivity contribution in [3.05, 3.63) is 54.0 Å². The Bertz CT molecular complexity index is 1040. The monoisotopic (exact) mass is 423 g/mol. The fourth-order valence-electron chi connectivity index (χ4n) is 3.87. The molecule has 3 heterocycles. The molecule has 1 atom stereocenters. The van der Waals surface area contributed by atoms with Gasteiger partial charge in [-0.15, -0.1) is 0 Å². The molecule has 0 radical (unpaired) electrons. The molecule has 3 aromatic rings. The van der Waals surface area contributed by atoms with Gasteiger partial charge in [0.2, 0.25) is 5.91 Å². The molecular formula is C22H25N5O4. The molecule has 0 aliphatic carbocycles. The number of carbonyl (C=O) groups excluding carboxylic acids is 2. The van der Waals surface area contributed by atoms with E-state index in [1.165, 1.54) is 10.9 Å². The van der Waals surface area contributed by atoms with Crippen molar-refractivity contribution in [2.24, 2.45) is 5.92 Å². The van der Waals surface area contributed by atoms with Crippen molar-refractivity contribution < 1.29 is 18.8 Å². The number of carbonyl (C=O) groups is 2. The topological polar surface area (TPSA) is 116 Å². The molecule has 1 saturated heterocycles. The van der Waals surface area contributed by atoms with E-state index in [9.17, 15) is 9.59 Å². The highest BCUT2D eigenvalue weighted by Crippen LogP contribution is 2.26. The summed E-state index contributed by atoms with van der Waals surface area (Å²) in [6, 6.07) is 9.01. The van der Waals surface area contributed by atoms with Crippen LogP contribution in [0.3, 0.4) is 0 Å². The second kappa shape index (κ2) is 9.03. The summed E-state index contributed by atoms with van der Waals surface area (Å²) < 4.78 is 11.8. The van der Waals surface area contributed by atoms with Gasteiger partial charge in [0.1, 0.15) is 17.3 Å². The van der Waals surface area contributed by atoms with E-state index in [0.717, 1.165) is 24.3 Å². The number of anilines is 1. The Morgan fingerprint density at radius 3 is 2.77 bits per heavy atom. The van der Waals surface area contributed by atoms with Gasteiger partial charge >= 0.3 is 0 Å². The molecule has 0 saturated carbocycles. The number of piperidine rings is 1. The maximum absolute atomic E-state index is 13.2. The standard InChI is InChI=1S/C22H25N5O4/c1-30-17-6-4-16(5-7-17)27-22(23)19(13-24-27)21(29)15-3-2-12-26(14-15)20(28)9-8-18-10-11-25-31-18/h4-7,10-11,13,15H,2-3,8-9,12,14,23H2,1H3/t15-/m0/s1. The van der Waals surface area contributed by atoms with Gasteiger partial charge in [-0.2, -0.15) is 5.10 Å². The normalized spacial score (nSPS) is 16.3. The molecule has 1 aliphatic heterocycles. The Hall–Kier alpha value is -3.62. The third-order valence-electron chi connectivity index (χ3n) is 5.61. The number of benzene rings is 1. The molecule has 4 rings (SSSR count). The lowest BCUT2D eigenvalue weighted by atomic mass is 9.90. The Morgan fingerprint density at radius 2 is 2.06 bits per heavy atom. The van der Waals surface area contributed by atoms with Gasteiger partial charge in [-0.05, 0) is 37.1 Å². The zero-order chi connectivity index (χ0) is 21.8. The van der Waals surface area contributed by atoms with Crippen LogP contribution in [-0.4, -0.2) is 51.7 Å². The second-order valence-corrected chi connectivity index (χ2v) is 7.58. The summed E-state index contributed by atoms with van der Waals surface area (Å²) in [4.78, 5) is 27.5. The van der Waals surface area contributed by atoms with Crippen LogP contribution in [0.15, 0.2) is 47.2 Å². The fourth-order valence-corrected chi connectivity index (χ4v) is 3.87. The number of methoxy groups -OCH3 is 1. The first-order valence-electron chi connectivity index (χ1n) is 10.3. The summed E-state index contributed by atoms with van der Waals surface area (Å²) in [5, 5.41) is 7.95. The summed E-state index contributed by atoms with van der Waals surface area (Å²) >= 11 is 0. The first-order chi connectivity index (χ1) is 15.1. The number of nitrogen functional groups attached to an aromatic ring is 1. The highest BCUT2D eigenvalue weighted by Gasteiger charge is 2.31. The molecule has 1 aliphatic rings. The lowest BCUT2D eigenvalue weighted by molar-refractivity contribution is -0.132. The van der Waals surface area contributed by atoms with Crippen LogP contribution in [0, 0.1) is 5.92 Å². The highest BCUT2D eigenvalue weighted by molar-refractivity contribution is 6.02. The van der Waals surface area contributed by atoms with E-state index in [2.05, 4.69) is 10.3 Å². The molecule has 162 valence electrons. The maximum atomic E-state index is 13.2. The number of Topliss-reactive ketones (excluding diaryl/α,β-unsaturated/α-hetero) is 1. The van der Waals surface area contributed by atoms with Crippen LogP contribution in [0.25, 0.3) is 5.69 Å². The number of aryl methyl sites for hydroxylation is 1. The van der Waals surface area contributed by atoms with Crippen LogP contribution in [0.2, 0.25) is 0 Å². The zero-order valence-corrected chi connectivity index (χ0v) is 17.4. The largest absolute Gasteiger partial charge is 0.497 e. The molecule has 1 amide bonds. The summed E-state index contributed by atoms with van der Waals surface area (Å²) in [5.74, 6) is 1.33. The van der Waals surface area contributed by atoms with Crippen molar-refractivity contribution in [1.29, 1.82) is 0 Å². The molecule has 0 bridgehead atoms. The van der Waals surface area contributed by atoms with Crippen LogP contribution in [0.4, 0.5) is 5.82 Å². The maximum Gasteiger partial charge on any atom is 0.223 e. The van der Waals surface area contributed by atoms with Crippen LogP contribution >= 0.6 is 0 Å². The van der Waals surface area contributed by atoms with Gasteiger partial charge in [-0.25, -0.2) is 4.68 Å². The Balaban J connectivity index is 1.42. The van der Waals surface area contributed by atoms with Crippen LogP contribution in [0.1, 0.15) is 35.4 Å². The molecule has 1 aromatic carbocycles. The SMILES string of the molecule is COc1ccc(-n2ncc(C(=O)[C@H]3CCCN(C(=O)CCc4ccno4)C3)c2N)cc1. The quantitative estimate of drug-likeness (QED) is 0.580. The molecule has 1 fully saturated rings. The van der Waals surface area contributed by atoms with E-state index in [4.69, 9.17) is 15.0 Å². The number of aromatic nitrogens is 3. The van der Waals surface area contributed by atoms with E-state index in [1.807, 2.05) is 12.1 Å². The number of nitrogens with two attached hydrogens (primary N) is 1. The Morgan fingerprint density at radius 1 is 1.26 bits per heavy atom. The lowest BCUT2D eigenvalue weighted by Gasteiger charge is -2.32. The number of nitrogens with zero attached hydrogens (tertiary/aromatic N) is 4. The summed E-state index contributed by atoms with van der Waals surface area (Å²) in [6.45, 7) is 1.04. The van der Waals surface area contributed by atoms with Crippen molar-refractivity contribution in [3.8, 4) is 11.4 Å². The second-order valence-electron chi connectivity index (χ2n) is 7.58. The van der Waals surface area contributed by atoms with Crippen molar-refractivity contribution in [1.82, 2.24) is 19.8 Å². The van der Waals surface area contributed by atoms with E-state index >= 15 is 0 Å². The molecule has 2 N–H and O–H groups in total. The number of hydrogen-bond acceptors (Lipinski definition) is 7. The third-order valence-corrected chi connectivity index (χ3v) is 5.61. The van der Waals surface area contributed by atoms with Crippen LogP contribution in [-0.2, 0) is 11.2 Å². The number of amides is 1. The molecule has 31 heavy (non-hydrogen) atoms. The third kappa shape index (κ3) is 4.45. The molecule has 9 heteroatoms. The van der Waals surface area contributed by atoms with Crippen LogP contribution < -0.4 is 10.5 Å². The number of rotatable bonds is 7. The number of ketones is 1. The minimum Gasteiger partial charge on any atom is -0.497 e. The van der Waals surface area contributed by atoms with E-state index < -0.39 is 0 Å². The predicted molar refractivity (Wildman–Crippen MR) is 113 cm³/mol. The molecule has 0 spiro atoms. The van der Waals surface area contributed by atoms with Gasteiger partial charge in [0.05, 0.1) is 30.8 Å². The van der Waals surface area contributed by atoms with Gasteiger partial charge < -0.3 is 19.9 Å². The summed E-state index contributed by atoms with van der Waals surface area (Å²) in [7, 11) is 1.60. The van der Waals surface area contributed by atoms with Crippen molar-refractivity contribution in [2.45, 2.75) is 25.7 Å². The molecule has 2 aromatic heterocycles. The molecule has 9 nitrogen and oxygen atoms in total. The average Bonchev–Trinajstić information content (AvgIpc) is 3.47. The van der Waals surface area contributed by atoms with Gasteiger partial charge in [0.25, 0.3) is 0 Å². The average molecular weight is 423 g/mol. The van der Waals surface area contributed by atoms with Gasteiger partial charge in [0.15, 0.2) is 5.78 Å². The fraction of sp³-hybridized carbons (Fsp3) is 0.364. The Labute approximate surface area is 179 Å². The minimum atomic E-state index is -0.293. The summed E-state index contributed by atoms with van der Waals surface area (Å²) in [6.07, 6.45) is 5.39. The number of ether oxygens (including phenoxy) is 1. The van der Waals surface area contributed by atoms with Gasteiger partial charge in [-0.1, -0.05) is 5.16 Å². The van der Waals surface area contributed by atoms with Crippen molar-refractivity contribution >= 4 is 17.5 Å². The van der Waals surface area contributed by atoms with Crippen molar-refractivity contribution in [2.75, 3.05) is 25.9 Å². The highest BCUT2D eigenvalue weighted by atomic mass is 16.5. The lowest BCUT2D eigenvalue weighted by Crippen LogP contribution is -2.42. The Kier molecular flexibility index (Phi) is 6.01. The zero-order valence-electron chi connectivity index (χ0n) is 17.4. The van der Waals surface area contributed by atoms with Crippen molar-refractivity contribution in [3.63, 3.8) is 0 Å². The van der Waals surface area contributed by atoms with E-state index in [1.54, 1.807) is 36.4 Å². The van der Waals surface area contributed by atoms with E-state index in [0.29, 0.717) is 43.1 Å². The first kappa shape index (κ1) is 20.6. The van der Waals surface area contributed by atoms with Gasteiger partial charge in [0, 0.05) is 37.9 Å². The van der Waals surface area contributed by atoms with E-state index in [-0.39, 0.29) is 17.6 Å². The number of hydrogen-bond donors (Lipinski definition) is 1. The smallest absolute Gasteiger partial charge is 0.223 e. The predicted octanol–water partition coefficient (Wildman–Crippen LogP) is 2.51.